The standard InChI is InChI=1S/C17H20N2O6S/c1-10(20)19-9-26-8-13(19)14(21)18-17(2,16(24)25)7-11-3-5-12(6-4-11)15(22)23/h3-6,13H,7-9H2,1-2H3,(H,18,21)(H,22,23)(H,24,25)/t13-,17+/m1/s1. The first-order chi connectivity index (χ1) is 12.1. The lowest BCUT2D eigenvalue weighted by Gasteiger charge is -2.30. The van der Waals surface area contributed by atoms with Crippen LogP contribution in [0.5, 0.6) is 0 Å². The summed E-state index contributed by atoms with van der Waals surface area (Å²) < 4.78 is 0. The van der Waals surface area contributed by atoms with Crippen molar-refractivity contribution in [2.75, 3.05) is 11.6 Å². The quantitative estimate of drug-likeness (QED) is 0.667. The van der Waals surface area contributed by atoms with Gasteiger partial charge in [-0.25, -0.2) is 9.59 Å². The zero-order valence-electron chi connectivity index (χ0n) is 14.4. The van der Waals surface area contributed by atoms with Gasteiger partial charge in [-0.05, 0) is 24.6 Å². The number of carbonyl (C=O) groups excluding carboxylic acids is 2. The second-order valence-corrected chi connectivity index (χ2v) is 7.31. The molecule has 0 bridgehead atoms. The maximum absolute atomic E-state index is 12.6. The molecule has 0 aromatic heterocycles. The van der Waals surface area contributed by atoms with Gasteiger partial charge < -0.3 is 20.4 Å². The van der Waals surface area contributed by atoms with Crippen LogP contribution in [0, 0.1) is 0 Å². The topological polar surface area (TPSA) is 124 Å². The summed E-state index contributed by atoms with van der Waals surface area (Å²) >= 11 is 1.43. The number of amides is 2. The summed E-state index contributed by atoms with van der Waals surface area (Å²) in [6, 6.07) is 5.10. The molecule has 1 aromatic rings. The third-order valence-electron chi connectivity index (χ3n) is 4.22. The van der Waals surface area contributed by atoms with Crippen molar-refractivity contribution in [2.45, 2.75) is 31.8 Å². The van der Waals surface area contributed by atoms with Gasteiger partial charge in [-0.1, -0.05) is 12.1 Å². The smallest absolute Gasteiger partial charge is 0.335 e. The minimum absolute atomic E-state index is 0.0199. The molecule has 0 aliphatic carbocycles. The summed E-state index contributed by atoms with van der Waals surface area (Å²) in [6.45, 7) is 2.76. The lowest BCUT2D eigenvalue weighted by atomic mass is 9.92. The van der Waals surface area contributed by atoms with Crippen LogP contribution in [0.15, 0.2) is 24.3 Å². The molecule has 2 amide bonds. The Balaban J connectivity index is 2.15. The van der Waals surface area contributed by atoms with E-state index in [9.17, 15) is 24.3 Å². The first-order valence-electron chi connectivity index (χ1n) is 7.86. The largest absolute Gasteiger partial charge is 0.480 e. The number of benzene rings is 1. The van der Waals surface area contributed by atoms with Crippen LogP contribution in [0.3, 0.4) is 0 Å². The first kappa shape index (κ1) is 19.8. The van der Waals surface area contributed by atoms with Gasteiger partial charge >= 0.3 is 11.9 Å². The Bertz CT molecular complexity index is 735. The molecule has 140 valence electrons. The molecule has 0 unspecified atom stereocenters. The number of aliphatic carboxylic acids is 1. The van der Waals surface area contributed by atoms with E-state index in [1.807, 2.05) is 0 Å². The van der Waals surface area contributed by atoms with Crippen LogP contribution in [-0.2, 0) is 20.8 Å². The summed E-state index contributed by atoms with van der Waals surface area (Å²) in [6.07, 6.45) is -0.0199. The molecule has 2 atom stereocenters. The maximum atomic E-state index is 12.6. The highest BCUT2D eigenvalue weighted by atomic mass is 32.2. The second kappa shape index (κ2) is 7.77. The van der Waals surface area contributed by atoms with Gasteiger partial charge in [-0.3, -0.25) is 9.59 Å². The molecule has 1 saturated heterocycles. The molecule has 1 fully saturated rings. The lowest BCUT2D eigenvalue weighted by Crippen LogP contribution is -2.58. The van der Waals surface area contributed by atoms with E-state index in [0.717, 1.165) is 0 Å². The molecule has 0 saturated carbocycles. The first-order valence-corrected chi connectivity index (χ1v) is 9.02. The molecule has 0 spiro atoms. The van der Waals surface area contributed by atoms with Crippen LogP contribution >= 0.6 is 11.8 Å². The van der Waals surface area contributed by atoms with E-state index in [1.165, 1.54) is 54.8 Å². The van der Waals surface area contributed by atoms with Crippen LogP contribution < -0.4 is 5.32 Å². The van der Waals surface area contributed by atoms with Crippen LogP contribution in [0.1, 0.15) is 29.8 Å². The Kier molecular flexibility index (Phi) is 5.91. The molecule has 0 radical (unpaired) electrons. The van der Waals surface area contributed by atoms with Crippen molar-refractivity contribution in [3.05, 3.63) is 35.4 Å². The van der Waals surface area contributed by atoms with E-state index in [0.29, 0.717) is 17.2 Å². The van der Waals surface area contributed by atoms with Crippen LogP contribution in [-0.4, -0.2) is 62.1 Å². The number of hydrogen-bond acceptors (Lipinski definition) is 5. The fourth-order valence-electron chi connectivity index (χ4n) is 2.67. The van der Waals surface area contributed by atoms with E-state index in [2.05, 4.69) is 5.32 Å². The van der Waals surface area contributed by atoms with Crippen LogP contribution in [0.4, 0.5) is 0 Å². The van der Waals surface area contributed by atoms with Crippen LogP contribution in [0.25, 0.3) is 0 Å². The minimum atomic E-state index is -1.59. The Morgan fingerprint density at radius 2 is 1.85 bits per heavy atom. The number of nitrogens with one attached hydrogen (secondary N) is 1. The number of thioether (sulfide) groups is 1. The molecule has 2 rings (SSSR count). The molecular weight excluding hydrogens is 360 g/mol. The Morgan fingerprint density at radius 1 is 1.23 bits per heavy atom. The fourth-order valence-corrected chi connectivity index (χ4v) is 3.89. The zero-order valence-corrected chi connectivity index (χ0v) is 15.2. The zero-order chi connectivity index (χ0) is 19.5. The molecule has 1 aromatic carbocycles. The summed E-state index contributed by atoms with van der Waals surface area (Å²) in [5.41, 5.74) is -0.920. The summed E-state index contributed by atoms with van der Waals surface area (Å²) in [5, 5.41) is 21.1. The van der Waals surface area contributed by atoms with E-state index >= 15 is 0 Å². The van der Waals surface area contributed by atoms with Gasteiger partial charge in [0.1, 0.15) is 11.6 Å². The van der Waals surface area contributed by atoms with Gasteiger partial charge in [-0.15, -0.1) is 11.8 Å². The third-order valence-corrected chi connectivity index (χ3v) is 5.23. The van der Waals surface area contributed by atoms with Crippen molar-refractivity contribution in [2.24, 2.45) is 0 Å². The SMILES string of the molecule is CC(=O)N1CSC[C@@H]1C(=O)N[C@@](C)(Cc1ccc(C(=O)O)cc1)C(=O)O. The van der Waals surface area contributed by atoms with Gasteiger partial charge in [0, 0.05) is 19.1 Å². The lowest BCUT2D eigenvalue weighted by molar-refractivity contribution is -0.148. The van der Waals surface area contributed by atoms with Crippen LogP contribution in [0.2, 0.25) is 0 Å². The van der Waals surface area contributed by atoms with Crippen molar-refractivity contribution in [1.82, 2.24) is 10.2 Å². The Morgan fingerprint density at radius 3 is 2.35 bits per heavy atom. The molecule has 1 aliphatic heterocycles. The average molecular weight is 380 g/mol. The highest BCUT2D eigenvalue weighted by Gasteiger charge is 2.40. The van der Waals surface area contributed by atoms with E-state index < -0.39 is 29.4 Å². The van der Waals surface area contributed by atoms with Gasteiger partial charge in [0.2, 0.25) is 11.8 Å². The number of carboxylic acid groups (broad SMARTS) is 2. The number of nitrogens with zero attached hydrogens (tertiary/aromatic N) is 1. The normalized spacial score (nSPS) is 18.8. The number of carboxylic acids is 2. The van der Waals surface area contributed by atoms with Gasteiger partial charge in [0.25, 0.3) is 0 Å². The number of rotatable bonds is 6. The second-order valence-electron chi connectivity index (χ2n) is 6.31. The number of aromatic carboxylic acids is 1. The molecule has 3 N–H and O–H groups in total. The van der Waals surface area contributed by atoms with E-state index in [4.69, 9.17) is 5.11 Å². The van der Waals surface area contributed by atoms with Crippen molar-refractivity contribution >= 4 is 35.5 Å². The van der Waals surface area contributed by atoms with Gasteiger partial charge in [0.05, 0.1) is 11.4 Å². The Hall–Kier alpha value is -2.55. The predicted molar refractivity (Wildman–Crippen MR) is 94.9 cm³/mol. The van der Waals surface area contributed by atoms with E-state index in [-0.39, 0.29) is 17.9 Å². The fraction of sp³-hybridized carbons (Fsp3) is 0.412. The molecule has 1 heterocycles. The molecule has 9 heteroatoms. The molecule has 1 aliphatic rings. The van der Waals surface area contributed by atoms with Gasteiger partial charge in [0.15, 0.2) is 0 Å². The van der Waals surface area contributed by atoms with Gasteiger partial charge in [-0.2, -0.15) is 0 Å². The summed E-state index contributed by atoms with van der Waals surface area (Å²) in [4.78, 5) is 48.2. The van der Waals surface area contributed by atoms with Crippen molar-refractivity contribution in [1.29, 1.82) is 0 Å². The molecular formula is C17H20N2O6S. The molecule has 26 heavy (non-hydrogen) atoms. The number of hydrogen-bond donors (Lipinski definition) is 3. The summed E-state index contributed by atoms with van der Waals surface area (Å²) in [5.74, 6) is -2.24. The molecule has 8 nitrogen and oxygen atoms in total. The highest BCUT2D eigenvalue weighted by molar-refractivity contribution is 7.99. The highest BCUT2D eigenvalue weighted by Crippen LogP contribution is 2.22. The van der Waals surface area contributed by atoms with Crippen molar-refractivity contribution < 1.29 is 29.4 Å². The van der Waals surface area contributed by atoms with Crippen molar-refractivity contribution in [3.63, 3.8) is 0 Å². The maximum Gasteiger partial charge on any atom is 0.335 e. The number of carbonyl (C=O) groups is 4. The monoisotopic (exact) mass is 380 g/mol. The minimum Gasteiger partial charge on any atom is -0.480 e. The predicted octanol–water partition coefficient (Wildman–Crippen LogP) is 0.808. The summed E-state index contributed by atoms with van der Waals surface area (Å²) in [7, 11) is 0. The van der Waals surface area contributed by atoms with Crippen molar-refractivity contribution in [3.8, 4) is 0 Å². The van der Waals surface area contributed by atoms with E-state index in [1.54, 1.807) is 0 Å². The average Bonchev–Trinajstić information content (AvgIpc) is 3.05. The third kappa shape index (κ3) is 4.34. The Labute approximate surface area is 154 Å².